The highest BCUT2D eigenvalue weighted by molar-refractivity contribution is 7.85. The number of rotatable bonds is 3. The summed E-state index contributed by atoms with van der Waals surface area (Å²) in [6.07, 6.45) is 4.09. The minimum Gasteiger partial charge on any atom is -0.367 e. The molecule has 1 aliphatic heterocycles. The Morgan fingerprint density at radius 1 is 1.42 bits per heavy atom. The number of hydrogen-bond donors (Lipinski definition) is 1. The van der Waals surface area contributed by atoms with E-state index in [1.165, 1.54) is 12.8 Å². The smallest absolute Gasteiger partial charge is 0.134 e. The van der Waals surface area contributed by atoms with Gasteiger partial charge in [-0.15, -0.1) is 0 Å². The number of nitrogens with zero attached hydrogens (tertiary/aromatic N) is 3. The van der Waals surface area contributed by atoms with Crippen molar-refractivity contribution in [2.75, 3.05) is 34.8 Å². The molecule has 1 aromatic heterocycles. The Hall–Kier alpha value is -1.17. The summed E-state index contributed by atoms with van der Waals surface area (Å²) in [6, 6.07) is 2.61. The van der Waals surface area contributed by atoms with Gasteiger partial charge in [0.05, 0.1) is 0 Å². The number of aromatic nitrogens is 2. The quantitative estimate of drug-likeness (QED) is 0.903. The normalized spacial score (nSPS) is 27.9. The Morgan fingerprint density at radius 3 is 3.05 bits per heavy atom. The fraction of sp³-hybridized carbons (Fsp3) is 0.692. The zero-order chi connectivity index (χ0) is 13.2. The molecule has 2 fully saturated rings. The first-order valence-electron chi connectivity index (χ1n) is 6.89. The van der Waals surface area contributed by atoms with Crippen molar-refractivity contribution >= 4 is 22.4 Å². The number of nitrogens with one attached hydrogen (secondary N) is 1. The molecule has 19 heavy (non-hydrogen) atoms. The topological polar surface area (TPSA) is 58.1 Å². The molecule has 1 N–H and O–H groups in total. The van der Waals surface area contributed by atoms with Gasteiger partial charge in [0.2, 0.25) is 0 Å². The Kier molecular flexibility index (Phi) is 3.68. The van der Waals surface area contributed by atoms with Gasteiger partial charge in [-0.25, -0.2) is 9.97 Å². The molecule has 0 amide bonds. The lowest BCUT2D eigenvalue weighted by atomic mass is 10.2. The molecule has 0 aromatic carbocycles. The molecule has 6 heteroatoms. The SMILES string of the molecule is CC1CN(c2cc(NC3CC3)ncn2)CCS(=O)C1. The average Bonchev–Trinajstić information content (AvgIpc) is 3.19. The largest absolute Gasteiger partial charge is 0.367 e. The number of hydrogen-bond acceptors (Lipinski definition) is 5. The van der Waals surface area contributed by atoms with E-state index in [9.17, 15) is 4.21 Å². The first-order valence-corrected chi connectivity index (χ1v) is 8.38. The van der Waals surface area contributed by atoms with Crippen molar-refractivity contribution in [2.24, 2.45) is 5.92 Å². The zero-order valence-corrected chi connectivity index (χ0v) is 12.0. The third-order valence-corrected chi connectivity index (χ3v) is 5.08. The van der Waals surface area contributed by atoms with Gasteiger partial charge < -0.3 is 10.2 Å². The minimum atomic E-state index is -0.687. The fourth-order valence-electron chi connectivity index (χ4n) is 2.38. The van der Waals surface area contributed by atoms with Gasteiger partial charge in [0.1, 0.15) is 18.0 Å². The van der Waals surface area contributed by atoms with E-state index in [-0.39, 0.29) is 0 Å². The molecule has 2 atom stereocenters. The highest BCUT2D eigenvalue weighted by Gasteiger charge is 2.23. The summed E-state index contributed by atoms with van der Waals surface area (Å²) in [6.45, 7) is 3.89. The summed E-state index contributed by atoms with van der Waals surface area (Å²) in [5, 5.41) is 3.39. The second kappa shape index (κ2) is 5.45. The summed E-state index contributed by atoms with van der Waals surface area (Å²) in [7, 11) is -0.687. The van der Waals surface area contributed by atoms with Gasteiger partial charge in [0.15, 0.2) is 0 Å². The van der Waals surface area contributed by atoms with E-state index < -0.39 is 10.8 Å². The van der Waals surface area contributed by atoms with Crippen molar-refractivity contribution in [3.8, 4) is 0 Å². The monoisotopic (exact) mass is 280 g/mol. The van der Waals surface area contributed by atoms with Crippen LogP contribution in [0.3, 0.4) is 0 Å². The maximum atomic E-state index is 11.7. The van der Waals surface area contributed by atoms with Crippen LogP contribution in [0.15, 0.2) is 12.4 Å². The third kappa shape index (κ3) is 3.43. The van der Waals surface area contributed by atoms with E-state index in [2.05, 4.69) is 27.1 Å². The Morgan fingerprint density at radius 2 is 2.26 bits per heavy atom. The molecular formula is C13H20N4OS. The van der Waals surface area contributed by atoms with E-state index in [0.717, 1.165) is 36.2 Å². The van der Waals surface area contributed by atoms with Crippen molar-refractivity contribution in [2.45, 2.75) is 25.8 Å². The molecule has 2 aliphatic rings. The van der Waals surface area contributed by atoms with Crippen LogP contribution in [0.4, 0.5) is 11.6 Å². The van der Waals surface area contributed by atoms with Gasteiger partial charge in [0.25, 0.3) is 0 Å². The lowest BCUT2D eigenvalue weighted by Crippen LogP contribution is -2.29. The van der Waals surface area contributed by atoms with E-state index in [1.807, 2.05) is 6.07 Å². The Labute approximate surface area is 116 Å². The Balaban J connectivity index is 1.74. The van der Waals surface area contributed by atoms with Crippen molar-refractivity contribution in [1.29, 1.82) is 0 Å². The zero-order valence-electron chi connectivity index (χ0n) is 11.2. The van der Waals surface area contributed by atoms with Crippen LogP contribution in [-0.2, 0) is 10.8 Å². The molecule has 104 valence electrons. The first kappa shape index (κ1) is 12.8. The van der Waals surface area contributed by atoms with Gasteiger partial charge in [-0.3, -0.25) is 4.21 Å². The fourth-order valence-corrected chi connectivity index (χ4v) is 3.71. The maximum absolute atomic E-state index is 11.7. The first-order chi connectivity index (χ1) is 9.20. The predicted octanol–water partition coefficient (Wildman–Crippen LogP) is 1.26. The number of anilines is 2. The van der Waals surface area contributed by atoms with Crippen molar-refractivity contribution in [3.63, 3.8) is 0 Å². The van der Waals surface area contributed by atoms with Crippen LogP contribution in [0, 0.1) is 5.92 Å². The molecule has 2 heterocycles. The highest BCUT2D eigenvalue weighted by Crippen LogP contribution is 2.25. The van der Waals surface area contributed by atoms with Gasteiger partial charge >= 0.3 is 0 Å². The molecule has 2 unspecified atom stereocenters. The molecule has 5 nitrogen and oxygen atoms in total. The van der Waals surface area contributed by atoms with Crippen LogP contribution in [0.5, 0.6) is 0 Å². The van der Waals surface area contributed by atoms with Crippen molar-refractivity contribution in [1.82, 2.24) is 9.97 Å². The second-order valence-corrected chi connectivity index (χ2v) is 7.16. The van der Waals surface area contributed by atoms with E-state index in [4.69, 9.17) is 0 Å². The van der Waals surface area contributed by atoms with E-state index in [0.29, 0.717) is 12.0 Å². The molecule has 0 spiro atoms. The van der Waals surface area contributed by atoms with Gasteiger partial charge in [-0.2, -0.15) is 0 Å². The van der Waals surface area contributed by atoms with Crippen LogP contribution in [0.25, 0.3) is 0 Å². The van der Waals surface area contributed by atoms with Crippen LogP contribution in [-0.4, -0.2) is 44.8 Å². The predicted molar refractivity (Wildman–Crippen MR) is 77.9 cm³/mol. The van der Waals surface area contributed by atoms with Crippen molar-refractivity contribution in [3.05, 3.63) is 12.4 Å². The van der Waals surface area contributed by atoms with E-state index >= 15 is 0 Å². The molecular weight excluding hydrogens is 260 g/mol. The van der Waals surface area contributed by atoms with Crippen LogP contribution in [0.2, 0.25) is 0 Å². The van der Waals surface area contributed by atoms with Gasteiger partial charge in [-0.05, 0) is 18.8 Å². The average molecular weight is 280 g/mol. The second-order valence-electron chi connectivity index (χ2n) is 5.54. The van der Waals surface area contributed by atoms with Gasteiger partial charge in [0, 0.05) is 47.5 Å². The van der Waals surface area contributed by atoms with Crippen LogP contribution >= 0.6 is 0 Å². The molecule has 1 aliphatic carbocycles. The van der Waals surface area contributed by atoms with Gasteiger partial charge in [-0.1, -0.05) is 6.92 Å². The molecule has 1 saturated heterocycles. The third-order valence-electron chi connectivity index (χ3n) is 3.50. The molecule has 1 saturated carbocycles. The Bertz CT molecular complexity index is 477. The molecule has 1 aromatic rings. The summed E-state index contributed by atoms with van der Waals surface area (Å²) in [4.78, 5) is 10.9. The molecule has 0 radical (unpaired) electrons. The summed E-state index contributed by atoms with van der Waals surface area (Å²) >= 11 is 0. The van der Waals surface area contributed by atoms with Crippen LogP contribution < -0.4 is 10.2 Å². The standard InChI is InChI=1S/C13H20N4OS/c1-10-7-17(4-5-19(18)8-10)13-6-12(14-9-15-13)16-11-2-3-11/h6,9-11H,2-5,7-8H2,1H3,(H,14,15,16). The summed E-state index contributed by atoms with van der Waals surface area (Å²) < 4.78 is 11.7. The lowest BCUT2D eigenvalue weighted by Gasteiger charge is -2.23. The minimum absolute atomic E-state index is 0.443. The summed E-state index contributed by atoms with van der Waals surface area (Å²) in [5.41, 5.74) is 0. The summed E-state index contributed by atoms with van der Waals surface area (Å²) in [5.74, 6) is 3.83. The maximum Gasteiger partial charge on any atom is 0.134 e. The van der Waals surface area contributed by atoms with Crippen molar-refractivity contribution < 1.29 is 4.21 Å². The molecule has 0 bridgehead atoms. The molecule has 3 rings (SSSR count). The highest BCUT2D eigenvalue weighted by atomic mass is 32.2. The lowest BCUT2D eigenvalue weighted by molar-refractivity contribution is 0.626. The van der Waals surface area contributed by atoms with E-state index in [1.54, 1.807) is 6.33 Å². The van der Waals surface area contributed by atoms with Crippen LogP contribution in [0.1, 0.15) is 19.8 Å².